The molecule has 0 bridgehead atoms. The summed E-state index contributed by atoms with van der Waals surface area (Å²) in [7, 11) is 0. The number of benzene rings is 1. The second-order valence-electron chi connectivity index (χ2n) is 3.75. The lowest BCUT2D eigenvalue weighted by molar-refractivity contribution is 0.0698. The summed E-state index contributed by atoms with van der Waals surface area (Å²) in [6.45, 7) is 0. The van der Waals surface area contributed by atoms with E-state index < -0.39 is 5.97 Å². The third-order valence-corrected chi connectivity index (χ3v) is 2.74. The molecule has 19 heavy (non-hydrogen) atoms. The Morgan fingerprint density at radius 2 is 1.84 bits per heavy atom. The molecule has 0 fully saturated rings. The topological polar surface area (TPSA) is 88.2 Å². The maximum atomic E-state index is 11.0. The Hall–Kier alpha value is -1.98. The van der Waals surface area contributed by atoms with Gasteiger partial charge in [0.05, 0.1) is 17.4 Å². The van der Waals surface area contributed by atoms with Crippen LogP contribution < -0.4 is 11.1 Å². The van der Waals surface area contributed by atoms with Crippen LogP contribution in [-0.4, -0.2) is 16.1 Å². The summed E-state index contributed by atoms with van der Waals surface area (Å²) in [6.07, 6.45) is 1.28. The van der Waals surface area contributed by atoms with Gasteiger partial charge in [-0.25, -0.2) is 9.78 Å². The van der Waals surface area contributed by atoms with Crippen molar-refractivity contribution in [1.29, 1.82) is 0 Å². The first-order chi connectivity index (χ1) is 8.95. The van der Waals surface area contributed by atoms with Gasteiger partial charge in [-0.3, -0.25) is 0 Å². The number of carbonyl (C=O) groups is 1. The number of nitrogens with two attached hydrogens (primary N) is 1. The molecule has 98 valence electrons. The summed E-state index contributed by atoms with van der Waals surface area (Å²) < 4.78 is 0. The molecule has 0 saturated carbocycles. The molecular weight excluding hydrogens is 289 g/mol. The van der Waals surface area contributed by atoms with Crippen LogP contribution in [0.3, 0.4) is 0 Å². The maximum absolute atomic E-state index is 11.0. The third kappa shape index (κ3) is 3.27. The predicted octanol–water partition coefficient (Wildman–Crippen LogP) is 3.41. The Morgan fingerprint density at radius 3 is 2.42 bits per heavy atom. The van der Waals surface area contributed by atoms with Crippen molar-refractivity contribution in [2.75, 3.05) is 11.1 Å². The summed E-state index contributed by atoms with van der Waals surface area (Å²) in [5, 5.41) is 12.8. The average molecular weight is 298 g/mol. The fraction of sp³-hybridized carbons (Fsp3) is 0. The van der Waals surface area contributed by atoms with Gasteiger partial charge in [0.25, 0.3) is 0 Å². The Kier molecular flexibility index (Phi) is 3.78. The summed E-state index contributed by atoms with van der Waals surface area (Å²) in [4.78, 5) is 14.9. The number of hydrogen-bond acceptors (Lipinski definition) is 4. The van der Waals surface area contributed by atoms with Crippen LogP contribution in [0.15, 0.2) is 30.5 Å². The van der Waals surface area contributed by atoms with Gasteiger partial charge in [-0.15, -0.1) is 0 Å². The van der Waals surface area contributed by atoms with Crippen molar-refractivity contribution in [1.82, 2.24) is 4.98 Å². The van der Waals surface area contributed by atoms with Gasteiger partial charge in [0.1, 0.15) is 5.82 Å². The highest BCUT2D eigenvalue weighted by molar-refractivity contribution is 6.35. The number of nitrogens with zero attached hydrogens (tertiary/aromatic N) is 1. The quantitative estimate of drug-likeness (QED) is 0.808. The molecule has 1 heterocycles. The lowest BCUT2D eigenvalue weighted by Crippen LogP contribution is -2.05. The summed E-state index contributed by atoms with van der Waals surface area (Å²) in [6, 6.07) is 6.22. The standard InChI is InChI=1S/C12H9Cl2N3O2/c13-6-1-7(14)3-8(2-6)17-11-4-9(12(18)19)10(15)5-16-11/h1-5H,15H2,(H,16,17)(H,18,19). The van der Waals surface area contributed by atoms with Gasteiger partial charge in [0.15, 0.2) is 0 Å². The Morgan fingerprint density at radius 1 is 1.21 bits per heavy atom. The fourth-order valence-corrected chi connectivity index (χ4v) is 2.02. The summed E-state index contributed by atoms with van der Waals surface area (Å²) in [5.74, 6) is -0.781. The van der Waals surface area contributed by atoms with E-state index in [4.69, 9.17) is 34.0 Å². The SMILES string of the molecule is Nc1cnc(Nc2cc(Cl)cc(Cl)c2)cc1C(=O)O. The van der Waals surface area contributed by atoms with Crippen LogP contribution in [0.2, 0.25) is 10.0 Å². The number of halogens is 2. The van der Waals surface area contributed by atoms with Crippen molar-refractivity contribution in [3.8, 4) is 0 Å². The molecule has 0 aliphatic heterocycles. The summed E-state index contributed by atoms with van der Waals surface area (Å²) in [5.41, 5.74) is 6.20. The molecule has 2 aromatic rings. The van der Waals surface area contributed by atoms with E-state index >= 15 is 0 Å². The van der Waals surface area contributed by atoms with Gasteiger partial charge in [-0.2, -0.15) is 0 Å². The molecule has 0 amide bonds. The highest BCUT2D eigenvalue weighted by Gasteiger charge is 2.10. The molecule has 7 heteroatoms. The van der Waals surface area contributed by atoms with Crippen molar-refractivity contribution < 1.29 is 9.90 Å². The molecule has 2 rings (SSSR count). The largest absolute Gasteiger partial charge is 0.478 e. The molecule has 0 saturated heterocycles. The number of aromatic nitrogens is 1. The molecule has 5 nitrogen and oxygen atoms in total. The van der Waals surface area contributed by atoms with Gasteiger partial charge in [-0.1, -0.05) is 23.2 Å². The molecule has 0 spiro atoms. The van der Waals surface area contributed by atoms with Gasteiger partial charge >= 0.3 is 5.97 Å². The van der Waals surface area contributed by atoms with Crippen molar-refractivity contribution in [2.45, 2.75) is 0 Å². The Bertz CT molecular complexity index is 627. The van der Waals surface area contributed by atoms with Gasteiger partial charge in [0, 0.05) is 15.7 Å². The minimum absolute atomic E-state index is 0.0226. The molecule has 0 atom stereocenters. The number of anilines is 3. The number of aromatic carboxylic acids is 1. The van der Waals surface area contributed by atoms with E-state index in [2.05, 4.69) is 10.3 Å². The van der Waals surface area contributed by atoms with Crippen molar-refractivity contribution in [2.24, 2.45) is 0 Å². The highest BCUT2D eigenvalue weighted by atomic mass is 35.5. The number of nitrogen functional groups attached to an aromatic ring is 1. The zero-order chi connectivity index (χ0) is 14.0. The van der Waals surface area contributed by atoms with Crippen molar-refractivity contribution in [3.63, 3.8) is 0 Å². The van der Waals surface area contributed by atoms with Crippen LogP contribution in [0.5, 0.6) is 0 Å². The van der Waals surface area contributed by atoms with Crippen LogP contribution in [0.4, 0.5) is 17.2 Å². The molecular formula is C12H9Cl2N3O2. The van der Waals surface area contributed by atoms with Gasteiger partial charge in [-0.05, 0) is 24.3 Å². The Balaban J connectivity index is 2.33. The molecule has 0 aliphatic carbocycles. The number of pyridine rings is 1. The third-order valence-electron chi connectivity index (χ3n) is 2.30. The predicted molar refractivity (Wildman–Crippen MR) is 75.4 cm³/mol. The van der Waals surface area contributed by atoms with Crippen LogP contribution in [0, 0.1) is 0 Å². The van der Waals surface area contributed by atoms with E-state index in [1.165, 1.54) is 12.3 Å². The molecule has 4 N–H and O–H groups in total. The normalized spacial score (nSPS) is 10.2. The molecule has 0 unspecified atom stereocenters. The first-order valence-corrected chi connectivity index (χ1v) is 5.93. The number of hydrogen-bond donors (Lipinski definition) is 3. The van der Waals surface area contributed by atoms with Gasteiger partial charge < -0.3 is 16.2 Å². The first kappa shape index (κ1) is 13.5. The lowest BCUT2D eigenvalue weighted by atomic mass is 10.2. The van der Waals surface area contributed by atoms with E-state index in [9.17, 15) is 4.79 Å². The fourth-order valence-electron chi connectivity index (χ4n) is 1.49. The maximum Gasteiger partial charge on any atom is 0.337 e. The summed E-state index contributed by atoms with van der Waals surface area (Å²) >= 11 is 11.7. The zero-order valence-electron chi connectivity index (χ0n) is 9.52. The van der Waals surface area contributed by atoms with E-state index in [1.807, 2.05) is 0 Å². The lowest BCUT2D eigenvalue weighted by Gasteiger charge is -2.08. The number of carboxylic acid groups (broad SMARTS) is 1. The zero-order valence-corrected chi connectivity index (χ0v) is 11.0. The molecule has 1 aromatic carbocycles. The van der Waals surface area contributed by atoms with Crippen molar-refractivity contribution >= 4 is 46.4 Å². The first-order valence-electron chi connectivity index (χ1n) is 5.17. The highest BCUT2D eigenvalue weighted by Crippen LogP contribution is 2.25. The number of carboxylic acids is 1. The number of rotatable bonds is 3. The van der Waals surface area contributed by atoms with Crippen LogP contribution in [-0.2, 0) is 0 Å². The van der Waals surface area contributed by atoms with Crippen LogP contribution >= 0.6 is 23.2 Å². The van der Waals surface area contributed by atoms with Crippen LogP contribution in [0.25, 0.3) is 0 Å². The van der Waals surface area contributed by atoms with E-state index in [0.717, 1.165) is 0 Å². The van der Waals surface area contributed by atoms with Crippen LogP contribution in [0.1, 0.15) is 10.4 Å². The molecule has 1 aromatic heterocycles. The second kappa shape index (κ2) is 5.34. The number of nitrogens with one attached hydrogen (secondary N) is 1. The minimum Gasteiger partial charge on any atom is -0.478 e. The smallest absolute Gasteiger partial charge is 0.337 e. The second-order valence-corrected chi connectivity index (χ2v) is 4.62. The van der Waals surface area contributed by atoms with E-state index in [1.54, 1.807) is 18.2 Å². The monoisotopic (exact) mass is 297 g/mol. The Labute approximate surface area is 119 Å². The molecule has 0 aliphatic rings. The van der Waals surface area contributed by atoms with E-state index in [-0.39, 0.29) is 11.3 Å². The van der Waals surface area contributed by atoms with Crippen molar-refractivity contribution in [3.05, 3.63) is 46.1 Å². The average Bonchev–Trinajstić information content (AvgIpc) is 2.30. The minimum atomic E-state index is -1.12. The van der Waals surface area contributed by atoms with E-state index in [0.29, 0.717) is 21.6 Å². The molecule has 0 radical (unpaired) electrons. The van der Waals surface area contributed by atoms with Gasteiger partial charge in [0.2, 0.25) is 0 Å².